The number of nitrogens with one attached hydrogen (secondary N) is 2. The third-order valence-corrected chi connectivity index (χ3v) is 3.57. The van der Waals surface area contributed by atoms with Gasteiger partial charge in [-0.05, 0) is 18.1 Å². The van der Waals surface area contributed by atoms with Gasteiger partial charge in [-0.15, -0.1) is 0 Å². The van der Waals surface area contributed by atoms with Gasteiger partial charge in [0.2, 0.25) is 0 Å². The second-order valence-corrected chi connectivity index (χ2v) is 5.55. The predicted octanol–water partition coefficient (Wildman–Crippen LogP) is 2.38. The van der Waals surface area contributed by atoms with Crippen LogP contribution in [0.1, 0.15) is 18.1 Å². The van der Waals surface area contributed by atoms with Gasteiger partial charge >= 0.3 is 0 Å². The quantitative estimate of drug-likeness (QED) is 0.881. The summed E-state index contributed by atoms with van der Waals surface area (Å²) in [7, 11) is -3.54. The standard InChI is InChI=1S/C13H15N3O2S/c1-2-12-10-14-15-13(12)16-19(17,18)9-8-11-6-4-3-5-7-11/h3-10H,2H2,1H3,(H2,14,15,16)/b9-8+. The average molecular weight is 277 g/mol. The number of rotatable bonds is 5. The van der Waals surface area contributed by atoms with Gasteiger partial charge in [-0.2, -0.15) is 5.10 Å². The Hall–Kier alpha value is -2.08. The van der Waals surface area contributed by atoms with Crippen LogP contribution in [0.2, 0.25) is 0 Å². The first-order valence-electron chi connectivity index (χ1n) is 5.89. The number of aromatic amines is 1. The van der Waals surface area contributed by atoms with E-state index in [2.05, 4.69) is 14.9 Å². The van der Waals surface area contributed by atoms with Crippen LogP contribution in [-0.4, -0.2) is 18.6 Å². The molecule has 19 heavy (non-hydrogen) atoms. The Labute approximate surface area is 112 Å². The predicted molar refractivity (Wildman–Crippen MR) is 76.0 cm³/mol. The zero-order valence-electron chi connectivity index (χ0n) is 10.5. The molecule has 0 unspecified atom stereocenters. The van der Waals surface area contributed by atoms with Crippen molar-refractivity contribution in [3.63, 3.8) is 0 Å². The van der Waals surface area contributed by atoms with Gasteiger partial charge in [0.05, 0.1) is 11.6 Å². The summed E-state index contributed by atoms with van der Waals surface area (Å²) in [5.41, 5.74) is 1.66. The number of anilines is 1. The van der Waals surface area contributed by atoms with Gasteiger partial charge in [-0.3, -0.25) is 9.82 Å². The molecule has 0 amide bonds. The molecule has 2 aromatic rings. The third-order valence-electron chi connectivity index (χ3n) is 2.58. The molecule has 1 aromatic carbocycles. The number of H-pyrrole nitrogens is 1. The van der Waals surface area contributed by atoms with E-state index in [-0.39, 0.29) is 0 Å². The fraction of sp³-hybridized carbons (Fsp3) is 0.154. The topological polar surface area (TPSA) is 74.8 Å². The minimum Gasteiger partial charge on any atom is -0.264 e. The lowest BCUT2D eigenvalue weighted by Gasteiger charge is -2.03. The van der Waals surface area contributed by atoms with Crippen molar-refractivity contribution in [3.8, 4) is 0 Å². The highest BCUT2D eigenvalue weighted by molar-refractivity contribution is 7.95. The Morgan fingerprint density at radius 2 is 2.05 bits per heavy atom. The molecule has 0 radical (unpaired) electrons. The zero-order chi connectivity index (χ0) is 13.7. The molecule has 1 aromatic heterocycles. The van der Waals surface area contributed by atoms with E-state index in [0.29, 0.717) is 12.2 Å². The number of aromatic nitrogens is 2. The van der Waals surface area contributed by atoms with Crippen molar-refractivity contribution < 1.29 is 8.42 Å². The first-order valence-corrected chi connectivity index (χ1v) is 7.43. The summed E-state index contributed by atoms with van der Waals surface area (Å²) in [6.45, 7) is 1.93. The molecule has 6 heteroatoms. The normalized spacial score (nSPS) is 11.8. The summed E-state index contributed by atoms with van der Waals surface area (Å²) in [5, 5.41) is 7.60. The number of sulfonamides is 1. The molecular formula is C13H15N3O2S. The number of hydrogen-bond acceptors (Lipinski definition) is 3. The molecule has 0 saturated heterocycles. The van der Waals surface area contributed by atoms with Gasteiger partial charge in [-0.1, -0.05) is 37.3 Å². The first-order chi connectivity index (χ1) is 9.11. The van der Waals surface area contributed by atoms with E-state index in [1.165, 1.54) is 0 Å². The summed E-state index contributed by atoms with van der Waals surface area (Å²) >= 11 is 0. The second kappa shape index (κ2) is 5.71. The van der Waals surface area contributed by atoms with Crippen molar-refractivity contribution in [3.05, 3.63) is 53.1 Å². The molecule has 0 aliphatic carbocycles. The van der Waals surface area contributed by atoms with Crippen LogP contribution in [0.4, 0.5) is 5.82 Å². The van der Waals surface area contributed by atoms with Crippen molar-refractivity contribution in [1.82, 2.24) is 10.2 Å². The van der Waals surface area contributed by atoms with Crippen LogP contribution in [0, 0.1) is 0 Å². The minimum absolute atomic E-state index is 0.417. The van der Waals surface area contributed by atoms with E-state index in [9.17, 15) is 8.42 Å². The van der Waals surface area contributed by atoms with E-state index < -0.39 is 10.0 Å². The Morgan fingerprint density at radius 3 is 2.74 bits per heavy atom. The highest BCUT2D eigenvalue weighted by Crippen LogP contribution is 2.14. The first kappa shape index (κ1) is 13.4. The van der Waals surface area contributed by atoms with Gasteiger partial charge in [0, 0.05) is 5.56 Å². The van der Waals surface area contributed by atoms with Crippen LogP contribution in [-0.2, 0) is 16.4 Å². The average Bonchev–Trinajstić information content (AvgIpc) is 2.84. The molecule has 2 N–H and O–H groups in total. The fourth-order valence-corrected chi connectivity index (χ4v) is 2.44. The molecular weight excluding hydrogens is 262 g/mol. The van der Waals surface area contributed by atoms with Crippen LogP contribution in [0.3, 0.4) is 0 Å². The monoisotopic (exact) mass is 277 g/mol. The molecule has 0 atom stereocenters. The number of nitrogens with zero attached hydrogens (tertiary/aromatic N) is 1. The summed E-state index contributed by atoms with van der Waals surface area (Å²) in [4.78, 5) is 0. The molecule has 0 aliphatic rings. The Bertz CT molecular complexity index is 660. The Balaban J connectivity index is 2.13. The minimum atomic E-state index is -3.54. The zero-order valence-corrected chi connectivity index (χ0v) is 11.3. The maximum absolute atomic E-state index is 11.9. The molecule has 0 saturated carbocycles. The Morgan fingerprint density at radius 1 is 1.32 bits per heavy atom. The SMILES string of the molecule is CCc1cn[nH]c1NS(=O)(=O)/C=C/c1ccccc1. The molecule has 0 bridgehead atoms. The second-order valence-electron chi connectivity index (χ2n) is 3.98. The molecule has 0 aliphatic heterocycles. The lowest BCUT2D eigenvalue weighted by Crippen LogP contribution is -2.10. The summed E-state index contributed by atoms with van der Waals surface area (Å²) in [5.74, 6) is 0.417. The third kappa shape index (κ3) is 3.69. The molecule has 100 valence electrons. The highest BCUT2D eigenvalue weighted by Gasteiger charge is 2.10. The van der Waals surface area contributed by atoms with Crippen molar-refractivity contribution in [2.75, 3.05) is 4.72 Å². The van der Waals surface area contributed by atoms with Crippen LogP contribution >= 0.6 is 0 Å². The molecule has 1 heterocycles. The van der Waals surface area contributed by atoms with E-state index in [0.717, 1.165) is 16.5 Å². The van der Waals surface area contributed by atoms with Crippen molar-refractivity contribution in [2.24, 2.45) is 0 Å². The molecule has 0 spiro atoms. The summed E-state index contributed by atoms with van der Waals surface area (Å²) in [6, 6.07) is 9.25. The van der Waals surface area contributed by atoms with E-state index in [4.69, 9.17) is 0 Å². The van der Waals surface area contributed by atoms with E-state index >= 15 is 0 Å². The number of hydrogen-bond donors (Lipinski definition) is 2. The van der Waals surface area contributed by atoms with E-state index in [1.807, 2.05) is 37.3 Å². The number of benzene rings is 1. The van der Waals surface area contributed by atoms with Crippen LogP contribution in [0.25, 0.3) is 6.08 Å². The van der Waals surface area contributed by atoms with Crippen molar-refractivity contribution in [2.45, 2.75) is 13.3 Å². The molecule has 0 fully saturated rings. The molecule has 2 rings (SSSR count). The van der Waals surface area contributed by atoms with Gasteiger partial charge < -0.3 is 0 Å². The smallest absolute Gasteiger partial charge is 0.256 e. The van der Waals surface area contributed by atoms with Crippen LogP contribution in [0.15, 0.2) is 41.9 Å². The largest absolute Gasteiger partial charge is 0.264 e. The highest BCUT2D eigenvalue weighted by atomic mass is 32.2. The van der Waals surface area contributed by atoms with Gasteiger partial charge in [0.1, 0.15) is 5.82 Å². The van der Waals surface area contributed by atoms with Crippen molar-refractivity contribution >= 4 is 21.9 Å². The van der Waals surface area contributed by atoms with Crippen molar-refractivity contribution in [1.29, 1.82) is 0 Å². The maximum Gasteiger partial charge on any atom is 0.256 e. The van der Waals surface area contributed by atoms with Gasteiger partial charge in [-0.25, -0.2) is 8.42 Å². The van der Waals surface area contributed by atoms with Crippen LogP contribution < -0.4 is 4.72 Å². The van der Waals surface area contributed by atoms with Gasteiger partial charge in [0.25, 0.3) is 10.0 Å². The Kier molecular flexibility index (Phi) is 4.01. The number of aryl methyl sites for hydroxylation is 1. The maximum atomic E-state index is 11.9. The van der Waals surface area contributed by atoms with Crippen LogP contribution in [0.5, 0.6) is 0 Å². The summed E-state index contributed by atoms with van der Waals surface area (Å²) < 4.78 is 26.2. The lowest BCUT2D eigenvalue weighted by atomic mass is 10.2. The van der Waals surface area contributed by atoms with E-state index in [1.54, 1.807) is 12.3 Å². The summed E-state index contributed by atoms with van der Waals surface area (Å²) in [6.07, 6.45) is 3.86. The van der Waals surface area contributed by atoms with Gasteiger partial charge in [0.15, 0.2) is 0 Å². The molecule has 5 nitrogen and oxygen atoms in total. The fourth-order valence-electron chi connectivity index (χ4n) is 1.58. The lowest BCUT2D eigenvalue weighted by molar-refractivity contribution is 0.609.